The second kappa shape index (κ2) is 5.74. The monoisotopic (exact) mass is 318 g/mol. The molecule has 0 unspecified atom stereocenters. The normalized spacial score (nSPS) is 10.8. The molecule has 0 amide bonds. The average Bonchev–Trinajstić information content (AvgIpc) is 2.62. The summed E-state index contributed by atoms with van der Waals surface area (Å²) in [6, 6.07) is 21.6. The Morgan fingerprint density at radius 3 is 1.83 bits per heavy atom. The highest BCUT2D eigenvalue weighted by Gasteiger charge is 2.14. The van der Waals surface area contributed by atoms with E-state index < -0.39 is 0 Å². The topological polar surface area (TPSA) is 51.6 Å². The summed E-state index contributed by atoms with van der Waals surface area (Å²) in [7, 11) is 0. The van der Waals surface area contributed by atoms with Crippen molar-refractivity contribution in [2.45, 2.75) is 0 Å². The summed E-state index contributed by atoms with van der Waals surface area (Å²) in [6.07, 6.45) is 0. The van der Waals surface area contributed by atoms with Gasteiger partial charge >= 0.3 is 0 Å². The van der Waals surface area contributed by atoms with Crippen molar-refractivity contribution in [3.8, 4) is 22.5 Å². The summed E-state index contributed by atoms with van der Waals surface area (Å²) in [5, 5.41) is 8.21. The number of hydrogen-bond acceptors (Lipinski definition) is 4. The van der Waals surface area contributed by atoms with E-state index in [2.05, 4.69) is 15.2 Å². The summed E-state index contributed by atoms with van der Waals surface area (Å²) in [4.78, 5) is 9.40. The summed E-state index contributed by atoms with van der Waals surface area (Å²) < 4.78 is 0. The largest absolute Gasteiger partial charge is 0.242 e. The highest BCUT2D eigenvalue weighted by molar-refractivity contribution is 6.29. The molecule has 0 saturated carbocycles. The molecule has 4 rings (SSSR count). The maximum Gasteiger partial charge on any atom is 0.201 e. The Balaban J connectivity index is 2.04. The van der Waals surface area contributed by atoms with Crippen LogP contribution in [0.15, 0.2) is 66.7 Å². The molecule has 0 radical (unpaired) electrons. The Hall–Kier alpha value is -2.85. The molecule has 0 fully saturated rings. The summed E-state index contributed by atoms with van der Waals surface area (Å²) >= 11 is 5.93. The third-order valence-electron chi connectivity index (χ3n) is 3.49. The van der Waals surface area contributed by atoms with E-state index in [0.29, 0.717) is 16.3 Å². The van der Waals surface area contributed by atoms with Crippen molar-refractivity contribution >= 4 is 22.8 Å². The van der Waals surface area contributed by atoms with Gasteiger partial charge in [0.25, 0.3) is 0 Å². The van der Waals surface area contributed by atoms with Gasteiger partial charge in [-0.3, -0.25) is 0 Å². The first-order valence-electron chi connectivity index (χ1n) is 7.13. The van der Waals surface area contributed by atoms with Gasteiger partial charge in [-0.25, -0.2) is 9.97 Å². The minimum absolute atomic E-state index is 0.304. The van der Waals surface area contributed by atoms with E-state index in [4.69, 9.17) is 16.6 Å². The molecule has 0 atom stereocenters. The third-order valence-corrected chi connectivity index (χ3v) is 3.68. The quantitative estimate of drug-likeness (QED) is 0.549. The first-order chi connectivity index (χ1) is 11.3. The van der Waals surface area contributed by atoms with Crippen molar-refractivity contribution in [2.24, 2.45) is 0 Å². The number of hydrogen-bond donors (Lipinski definition) is 0. The zero-order valence-electron chi connectivity index (χ0n) is 12.0. The van der Waals surface area contributed by atoms with Gasteiger partial charge in [0, 0.05) is 17.2 Å². The molecule has 0 bridgehead atoms. The average molecular weight is 319 g/mol. The fourth-order valence-electron chi connectivity index (χ4n) is 2.44. The second-order valence-corrected chi connectivity index (χ2v) is 5.42. The van der Waals surface area contributed by atoms with Crippen molar-refractivity contribution in [3.05, 3.63) is 71.9 Å². The van der Waals surface area contributed by atoms with E-state index >= 15 is 0 Å². The fourth-order valence-corrected chi connectivity index (χ4v) is 2.58. The summed E-state index contributed by atoms with van der Waals surface area (Å²) in [5.41, 5.74) is 4.66. The molecule has 0 aliphatic carbocycles. The van der Waals surface area contributed by atoms with Crippen LogP contribution in [0, 0.1) is 0 Å². The summed E-state index contributed by atoms with van der Waals surface area (Å²) in [6.45, 7) is 0. The van der Waals surface area contributed by atoms with Crippen LogP contribution in [-0.4, -0.2) is 20.2 Å². The molecule has 110 valence electrons. The van der Waals surface area contributed by atoms with Crippen LogP contribution in [0.3, 0.4) is 0 Å². The van der Waals surface area contributed by atoms with Gasteiger partial charge in [-0.2, -0.15) is 0 Å². The van der Waals surface area contributed by atoms with E-state index in [1.54, 1.807) is 6.07 Å². The molecule has 2 aromatic carbocycles. The Morgan fingerprint density at radius 1 is 0.652 bits per heavy atom. The number of benzene rings is 2. The first-order valence-corrected chi connectivity index (χ1v) is 7.51. The van der Waals surface area contributed by atoms with Crippen molar-refractivity contribution in [1.82, 2.24) is 20.2 Å². The Labute approximate surface area is 137 Å². The van der Waals surface area contributed by atoms with Gasteiger partial charge in [0.05, 0.1) is 11.4 Å². The maximum absolute atomic E-state index is 5.93. The van der Waals surface area contributed by atoms with E-state index in [1.165, 1.54) is 0 Å². The van der Waals surface area contributed by atoms with Crippen LogP contribution in [-0.2, 0) is 0 Å². The molecule has 2 heterocycles. The minimum atomic E-state index is 0.304. The second-order valence-electron chi connectivity index (χ2n) is 5.03. The predicted octanol–water partition coefficient (Wildman–Crippen LogP) is 4.41. The van der Waals surface area contributed by atoms with Gasteiger partial charge in [0.2, 0.25) is 5.65 Å². The van der Waals surface area contributed by atoms with Crippen molar-refractivity contribution < 1.29 is 0 Å². The van der Waals surface area contributed by atoms with E-state index in [9.17, 15) is 0 Å². The Morgan fingerprint density at radius 2 is 1.22 bits per heavy atom. The highest BCUT2D eigenvalue weighted by atomic mass is 35.5. The molecule has 23 heavy (non-hydrogen) atoms. The van der Waals surface area contributed by atoms with Crippen LogP contribution < -0.4 is 0 Å². The number of nitrogens with zero attached hydrogens (tertiary/aromatic N) is 4. The SMILES string of the molecule is Clc1cc2nc(-c3ccccc3)c(-c3ccccc3)nc2nn1. The van der Waals surface area contributed by atoms with Gasteiger partial charge < -0.3 is 0 Å². The van der Waals surface area contributed by atoms with Gasteiger partial charge in [-0.1, -0.05) is 72.3 Å². The molecule has 0 aliphatic heterocycles. The molecule has 0 N–H and O–H groups in total. The van der Waals surface area contributed by atoms with E-state index in [-0.39, 0.29) is 0 Å². The molecular formula is C18H11ClN4. The highest BCUT2D eigenvalue weighted by Crippen LogP contribution is 2.30. The smallest absolute Gasteiger partial charge is 0.201 e. The lowest BCUT2D eigenvalue weighted by Crippen LogP contribution is -1.98. The number of aromatic nitrogens is 4. The van der Waals surface area contributed by atoms with Crippen LogP contribution in [0.2, 0.25) is 5.15 Å². The number of halogens is 1. The molecule has 0 aliphatic rings. The van der Waals surface area contributed by atoms with Crippen LogP contribution in [0.1, 0.15) is 0 Å². The van der Waals surface area contributed by atoms with Gasteiger partial charge in [-0.05, 0) is 0 Å². The number of fused-ring (bicyclic) bond motifs is 1. The standard InChI is InChI=1S/C18H11ClN4/c19-15-11-14-18(23-22-15)21-17(13-9-5-2-6-10-13)16(20-14)12-7-3-1-4-8-12/h1-11H. The molecule has 4 nitrogen and oxygen atoms in total. The molecule has 2 aromatic heterocycles. The maximum atomic E-state index is 5.93. The van der Waals surface area contributed by atoms with Crippen LogP contribution in [0.4, 0.5) is 0 Å². The van der Waals surface area contributed by atoms with Gasteiger partial charge in [0.15, 0.2) is 5.15 Å². The molecule has 0 spiro atoms. The third kappa shape index (κ3) is 2.64. The molecule has 0 saturated heterocycles. The zero-order chi connectivity index (χ0) is 15.6. The van der Waals surface area contributed by atoms with E-state index in [0.717, 1.165) is 22.5 Å². The lowest BCUT2D eigenvalue weighted by Gasteiger charge is -2.09. The molecule has 4 aromatic rings. The summed E-state index contributed by atoms with van der Waals surface area (Å²) in [5.74, 6) is 0. The zero-order valence-corrected chi connectivity index (χ0v) is 12.8. The molecular weight excluding hydrogens is 308 g/mol. The lowest BCUT2D eigenvalue weighted by molar-refractivity contribution is 1.04. The number of rotatable bonds is 2. The Bertz CT molecular complexity index is 972. The first kappa shape index (κ1) is 13.8. The fraction of sp³-hybridized carbons (Fsp3) is 0. The lowest BCUT2D eigenvalue weighted by atomic mass is 10.0. The van der Waals surface area contributed by atoms with Gasteiger partial charge in [-0.15, -0.1) is 10.2 Å². The van der Waals surface area contributed by atoms with Crippen LogP contribution >= 0.6 is 11.6 Å². The Kier molecular flexibility index (Phi) is 3.44. The minimum Gasteiger partial charge on any atom is -0.242 e. The van der Waals surface area contributed by atoms with E-state index in [1.807, 2.05) is 60.7 Å². The van der Waals surface area contributed by atoms with Gasteiger partial charge in [0.1, 0.15) is 5.52 Å². The van der Waals surface area contributed by atoms with Crippen molar-refractivity contribution in [2.75, 3.05) is 0 Å². The van der Waals surface area contributed by atoms with Crippen molar-refractivity contribution in [3.63, 3.8) is 0 Å². The van der Waals surface area contributed by atoms with Crippen LogP contribution in [0.5, 0.6) is 0 Å². The van der Waals surface area contributed by atoms with Crippen LogP contribution in [0.25, 0.3) is 33.7 Å². The predicted molar refractivity (Wildman–Crippen MR) is 91.0 cm³/mol. The molecule has 5 heteroatoms. The van der Waals surface area contributed by atoms with Crippen molar-refractivity contribution in [1.29, 1.82) is 0 Å².